The summed E-state index contributed by atoms with van der Waals surface area (Å²) in [6, 6.07) is 22.3. The summed E-state index contributed by atoms with van der Waals surface area (Å²) in [5, 5.41) is 7.63. The first-order valence-corrected chi connectivity index (χ1v) is 11.5. The molecule has 0 spiro atoms. The Labute approximate surface area is 201 Å². The first kappa shape index (κ1) is 22.3. The number of hydrogen-bond donors (Lipinski definition) is 1. The van der Waals surface area contributed by atoms with E-state index in [0.29, 0.717) is 16.6 Å². The maximum absolute atomic E-state index is 13.4. The lowest BCUT2D eigenvalue weighted by molar-refractivity contribution is -0.117. The number of nitrogens with one attached hydrogen (secondary N) is 1. The molecule has 0 fully saturated rings. The number of carbonyl (C=O) groups is 1. The molecule has 0 atom stereocenters. The van der Waals surface area contributed by atoms with Crippen molar-refractivity contribution in [2.45, 2.75) is 33.4 Å². The van der Waals surface area contributed by atoms with Crippen LogP contribution < -0.4 is 16.6 Å². The van der Waals surface area contributed by atoms with Crippen LogP contribution in [0.3, 0.4) is 0 Å². The van der Waals surface area contributed by atoms with Crippen LogP contribution in [0.2, 0.25) is 0 Å². The Balaban J connectivity index is 1.57. The Morgan fingerprint density at radius 2 is 1.60 bits per heavy atom. The van der Waals surface area contributed by atoms with Gasteiger partial charge in [-0.05, 0) is 48.7 Å². The maximum Gasteiger partial charge on any atom is 0.352 e. The van der Waals surface area contributed by atoms with Gasteiger partial charge in [-0.15, -0.1) is 5.10 Å². The molecular weight excluding hydrogens is 442 g/mol. The standard InChI is InChI=1S/C27H25N5O3/c1-3-19-12-14-21(15-13-19)28-24(33)17-31-27(35)32-23-7-5-4-6-22(23)25(34)30(26(32)29-31)16-20-10-8-18(2)9-11-20/h4-15H,3,16-17H2,1-2H3,(H,28,33). The first-order valence-electron chi connectivity index (χ1n) is 11.5. The largest absolute Gasteiger partial charge is 0.352 e. The average Bonchev–Trinajstić information content (AvgIpc) is 3.19. The number of anilines is 1. The number of benzene rings is 3. The van der Waals surface area contributed by atoms with Crippen LogP contribution in [0.25, 0.3) is 16.7 Å². The van der Waals surface area contributed by atoms with Crippen LogP contribution in [0.1, 0.15) is 23.6 Å². The zero-order valence-corrected chi connectivity index (χ0v) is 19.6. The highest BCUT2D eigenvalue weighted by molar-refractivity contribution is 5.90. The molecule has 0 bridgehead atoms. The van der Waals surface area contributed by atoms with Gasteiger partial charge in [-0.25, -0.2) is 13.9 Å². The lowest BCUT2D eigenvalue weighted by Crippen LogP contribution is -2.29. The van der Waals surface area contributed by atoms with Crippen molar-refractivity contribution in [1.82, 2.24) is 18.7 Å². The van der Waals surface area contributed by atoms with Crippen molar-refractivity contribution in [1.29, 1.82) is 0 Å². The van der Waals surface area contributed by atoms with E-state index in [2.05, 4.69) is 17.3 Å². The fourth-order valence-corrected chi connectivity index (χ4v) is 4.15. The van der Waals surface area contributed by atoms with Gasteiger partial charge in [-0.1, -0.05) is 61.0 Å². The van der Waals surface area contributed by atoms with Crippen LogP contribution in [-0.2, 0) is 24.3 Å². The normalized spacial score (nSPS) is 11.3. The molecule has 1 amide bonds. The Hall–Kier alpha value is -4.46. The summed E-state index contributed by atoms with van der Waals surface area (Å²) in [4.78, 5) is 39.4. The number of aromatic nitrogens is 4. The molecule has 0 radical (unpaired) electrons. The van der Waals surface area contributed by atoms with Crippen LogP contribution in [-0.4, -0.2) is 24.7 Å². The smallest absolute Gasteiger partial charge is 0.324 e. The average molecular weight is 468 g/mol. The van der Waals surface area contributed by atoms with Crippen LogP contribution >= 0.6 is 0 Å². The molecule has 5 rings (SSSR count). The van der Waals surface area contributed by atoms with E-state index in [4.69, 9.17) is 0 Å². The van der Waals surface area contributed by atoms with Gasteiger partial charge in [-0.3, -0.25) is 14.2 Å². The lowest BCUT2D eigenvalue weighted by Gasteiger charge is -2.10. The Morgan fingerprint density at radius 3 is 2.31 bits per heavy atom. The van der Waals surface area contributed by atoms with Gasteiger partial charge in [0.2, 0.25) is 11.7 Å². The van der Waals surface area contributed by atoms with Crippen molar-refractivity contribution in [2.24, 2.45) is 0 Å². The predicted octanol–water partition coefficient (Wildman–Crippen LogP) is 3.37. The van der Waals surface area contributed by atoms with Crippen molar-refractivity contribution >= 4 is 28.3 Å². The summed E-state index contributed by atoms with van der Waals surface area (Å²) in [6.45, 7) is 4.03. The number of aryl methyl sites for hydroxylation is 2. The molecule has 0 aliphatic carbocycles. The number of fused-ring (bicyclic) bond motifs is 3. The monoisotopic (exact) mass is 467 g/mol. The van der Waals surface area contributed by atoms with E-state index in [-0.39, 0.29) is 30.3 Å². The SMILES string of the molecule is CCc1ccc(NC(=O)Cn2nc3n(Cc4ccc(C)cc4)c(=O)c4ccccc4n3c2=O)cc1. The highest BCUT2D eigenvalue weighted by Gasteiger charge is 2.19. The van der Waals surface area contributed by atoms with E-state index in [1.54, 1.807) is 24.3 Å². The van der Waals surface area contributed by atoms with Gasteiger partial charge in [0.1, 0.15) is 6.54 Å². The van der Waals surface area contributed by atoms with E-state index in [1.807, 2.05) is 55.5 Å². The quantitative estimate of drug-likeness (QED) is 0.415. The van der Waals surface area contributed by atoms with E-state index in [1.165, 1.54) is 8.97 Å². The third kappa shape index (κ3) is 4.26. The fourth-order valence-electron chi connectivity index (χ4n) is 4.15. The zero-order chi connectivity index (χ0) is 24.5. The number of nitrogens with zero attached hydrogens (tertiary/aromatic N) is 4. The molecule has 0 aliphatic rings. The summed E-state index contributed by atoms with van der Waals surface area (Å²) in [5.74, 6) is -0.184. The lowest BCUT2D eigenvalue weighted by atomic mass is 10.1. The molecule has 0 unspecified atom stereocenters. The van der Waals surface area contributed by atoms with Crippen LogP contribution in [0.15, 0.2) is 82.4 Å². The highest BCUT2D eigenvalue weighted by Crippen LogP contribution is 2.14. The molecule has 0 aliphatic heterocycles. The van der Waals surface area contributed by atoms with Crippen molar-refractivity contribution in [3.8, 4) is 0 Å². The Kier molecular flexibility index (Phi) is 5.78. The Morgan fingerprint density at radius 1 is 0.914 bits per heavy atom. The number of hydrogen-bond acceptors (Lipinski definition) is 4. The topological polar surface area (TPSA) is 90.4 Å². The van der Waals surface area contributed by atoms with Gasteiger partial charge in [0.15, 0.2) is 0 Å². The summed E-state index contributed by atoms with van der Waals surface area (Å²) in [5.41, 5.74) is 3.56. The minimum Gasteiger partial charge on any atom is -0.324 e. The van der Waals surface area contributed by atoms with E-state index >= 15 is 0 Å². The molecule has 35 heavy (non-hydrogen) atoms. The fraction of sp³-hybridized carbons (Fsp3) is 0.185. The van der Waals surface area contributed by atoms with Gasteiger partial charge in [0.25, 0.3) is 5.56 Å². The van der Waals surface area contributed by atoms with E-state index in [0.717, 1.165) is 27.8 Å². The van der Waals surface area contributed by atoms with Crippen LogP contribution in [0.4, 0.5) is 5.69 Å². The van der Waals surface area contributed by atoms with Crippen molar-refractivity contribution in [3.05, 3.63) is 110 Å². The van der Waals surface area contributed by atoms with E-state index < -0.39 is 5.69 Å². The first-order chi connectivity index (χ1) is 16.9. The number of rotatable bonds is 6. The van der Waals surface area contributed by atoms with Gasteiger partial charge >= 0.3 is 5.69 Å². The predicted molar refractivity (Wildman–Crippen MR) is 136 cm³/mol. The molecule has 0 saturated heterocycles. The molecule has 8 nitrogen and oxygen atoms in total. The second-order valence-electron chi connectivity index (χ2n) is 8.57. The molecule has 0 saturated carbocycles. The third-order valence-electron chi connectivity index (χ3n) is 6.08. The van der Waals surface area contributed by atoms with Crippen LogP contribution in [0.5, 0.6) is 0 Å². The molecule has 8 heteroatoms. The second kappa shape index (κ2) is 9.06. The van der Waals surface area contributed by atoms with Crippen molar-refractivity contribution < 1.29 is 4.79 Å². The maximum atomic E-state index is 13.4. The van der Waals surface area contributed by atoms with Crippen molar-refractivity contribution in [3.63, 3.8) is 0 Å². The summed E-state index contributed by atoms with van der Waals surface area (Å²) in [6.07, 6.45) is 0.906. The number of para-hydroxylation sites is 1. The summed E-state index contributed by atoms with van der Waals surface area (Å²) < 4.78 is 3.98. The molecule has 1 N–H and O–H groups in total. The molecule has 2 aromatic heterocycles. The highest BCUT2D eigenvalue weighted by atomic mass is 16.2. The van der Waals surface area contributed by atoms with Crippen molar-refractivity contribution in [2.75, 3.05) is 5.32 Å². The van der Waals surface area contributed by atoms with Crippen LogP contribution in [0, 0.1) is 6.92 Å². The Bertz CT molecular complexity index is 1660. The number of amides is 1. The van der Waals surface area contributed by atoms with E-state index in [9.17, 15) is 14.4 Å². The molecule has 2 heterocycles. The minimum atomic E-state index is -0.481. The molecule has 176 valence electrons. The van der Waals surface area contributed by atoms with Gasteiger partial charge in [0, 0.05) is 5.69 Å². The van der Waals surface area contributed by atoms with Gasteiger partial charge in [-0.2, -0.15) is 0 Å². The zero-order valence-electron chi connectivity index (χ0n) is 19.6. The van der Waals surface area contributed by atoms with Gasteiger partial charge in [0.05, 0.1) is 17.4 Å². The molecule has 5 aromatic rings. The van der Waals surface area contributed by atoms with Gasteiger partial charge < -0.3 is 5.32 Å². The summed E-state index contributed by atoms with van der Waals surface area (Å²) in [7, 11) is 0. The minimum absolute atomic E-state index is 0.194. The third-order valence-corrected chi connectivity index (χ3v) is 6.08. The molecular formula is C27H25N5O3. The summed E-state index contributed by atoms with van der Waals surface area (Å²) >= 11 is 0. The second-order valence-corrected chi connectivity index (χ2v) is 8.57. The number of carbonyl (C=O) groups excluding carboxylic acids is 1. The molecule has 3 aromatic carbocycles.